The van der Waals surface area contributed by atoms with Gasteiger partial charge in [-0.25, -0.2) is 9.97 Å². The summed E-state index contributed by atoms with van der Waals surface area (Å²) < 4.78 is 5.47. The third kappa shape index (κ3) is 2.66. The molecule has 0 aliphatic heterocycles. The molecule has 5 heteroatoms. The summed E-state index contributed by atoms with van der Waals surface area (Å²) in [6.45, 7) is 4.95. The number of ether oxygens (including phenoxy) is 1. The van der Waals surface area contributed by atoms with E-state index in [1.807, 2.05) is 7.05 Å². The molecule has 0 unspecified atom stereocenters. The second-order valence-electron chi connectivity index (χ2n) is 4.41. The molecule has 0 fully saturated rings. The van der Waals surface area contributed by atoms with E-state index < -0.39 is 0 Å². The molecule has 2 aromatic rings. The van der Waals surface area contributed by atoms with Crippen molar-refractivity contribution in [1.29, 1.82) is 0 Å². The van der Waals surface area contributed by atoms with Gasteiger partial charge in [-0.1, -0.05) is 17.7 Å². The first kappa shape index (κ1) is 14.1. The SMILES string of the molecule is CCN(c1ccc(C)cc1)c1ncnc(NC)c1OC. The lowest BCUT2D eigenvalue weighted by molar-refractivity contribution is 0.413. The Morgan fingerprint density at radius 2 is 1.90 bits per heavy atom. The highest BCUT2D eigenvalue weighted by molar-refractivity contribution is 5.71. The van der Waals surface area contributed by atoms with Crippen LogP contribution in [0, 0.1) is 6.92 Å². The topological polar surface area (TPSA) is 50.3 Å². The molecule has 106 valence electrons. The number of benzene rings is 1. The molecule has 1 aromatic heterocycles. The fraction of sp³-hybridized carbons (Fsp3) is 0.333. The minimum Gasteiger partial charge on any atom is -0.490 e. The van der Waals surface area contributed by atoms with Crippen LogP contribution in [0.4, 0.5) is 17.3 Å². The maximum absolute atomic E-state index is 5.47. The molecular weight excluding hydrogens is 252 g/mol. The van der Waals surface area contributed by atoms with Crippen LogP contribution >= 0.6 is 0 Å². The summed E-state index contributed by atoms with van der Waals surface area (Å²) in [6, 6.07) is 8.34. The van der Waals surface area contributed by atoms with Crippen LogP contribution in [-0.2, 0) is 0 Å². The Hall–Kier alpha value is -2.30. The average Bonchev–Trinajstić information content (AvgIpc) is 2.49. The fourth-order valence-corrected chi connectivity index (χ4v) is 2.10. The summed E-state index contributed by atoms with van der Waals surface area (Å²) in [5, 5.41) is 3.02. The van der Waals surface area contributed by atoms with E-state index in [4.69, 9.17) is 4.74 Å². The quantitative estimate of drug-likeness (QED) is 0.906. The number of nitrogens with one attached hydrogen (secondary N) is 1. The monoisotopic (exact) mass is 272 g/mol. The van der Waals surface area contributed by atoms with Crippen LogP contribution in [0.25, 0.3) is 0 Å². The molecule has 1 N–H and O–H groups in total. The summed E-state index contributed by atoms with van der Waals surface area (Å²) in [5.41, 5.74) is 2.31. The largest absolute Gasteiger partial charge is 0.490 e. The molecule has 0 atom stereocenters. The number of hydrogen-bond acceptors (Lipinski definition) is 5. The molecule has 0 aliphatic rings. The molecule has 1 aromatic carbocycles. The van der Waals surface area contributed by atoms with Crippen molar-refractivity contribution >= 4 is 17.3 Å². The Labute approximate surface area is 119 Å². The summed E-state index contributed by atoms with van der Waals surface area (Å²) in [6.07, 6.45) is 1.54. The summed E-state index contributed by atoms with van der Waals surface area (Å²) in [4.78, 5) is 10.7. The average molecular weight is 272 g/mol. The van der Waals surface area contributed by atoms with Crippen LogP contribution in [0.2, 0.25) is 0 Å². The van der Waals surface area contributed by atoms with Gasteiger partial charge in [0.1, 0.15) is 6.33 Å². The number of hydrogen-bond donors (Lipinski definition) is 1. The van der Waals surface area contributed by atoms with Gasteiger partial charge in [0.25, 0.3) is 0 Å². The van der Waals surface area contributed by atoms with E-state index in [0.717, 1.165) is 18.1 Å². The highest BCUT2D eigenvalue weighted by Gasteiger charge is 2.17. The van der Waals surface area contributed by atoms with Crippen molar-refractivity contribution in [2.24, 2.45) is 0 Å². The van der Waals surface area contributed by atoms with E-state index in [1.165, 1.54) is 5.56 Å². The van der Waals surface area contributed by atoms with Gasteiger partial charge < -0.3 is 15.0 Å². The van der Waals surface area contributed by atoms with Gasteiger partial charge in [0.15, 0.2) is 11.6 Å². The first-order valence-electron chi connectivity index (χ1n) is 6.62. The second kappa shape index (κ2) is 6.23. The number of methoxy groups -OCH3 is 1. The predicted molar refractivity (Wildman–Crippen MR) is 82.0 cm³/mol. The van der Waals surface area contributed by atoms with Gasteiger partial charge in [-0.15, -0.1) is 0 Å². The van der Waals surface area contributed by atoms with Crippen LogP contribution in [0.3, 0.4) is 0 Å². The zero-order valence-electron chi connectivity index (χ0n) is 12.3. The zero-order valence-corrected chi connectivity index (χ0v) is 12.3. The number of nitrogens with zero attached hydrogens (tertiary/aromatic N) is 3. The summed E-state index contributed by atoms with van der Waals surface area (Å²) >= 11 is 0. The number of aryl methyl sites for hydroxylation is 1. The highest BCUT2D eigenvalue weighted by Crippen LogP contribution is 2.35. The van der Waals surface area contributed by atoms with E-state index in [-0.39, 0.29) is 0 Å². The van der Waals surface area contributed by atoms with Crippen molar-refractivity contribution in [2.45, 2.75) is 13.8 Å². The minimum atomic E-state index is 0.650. The van der Waals surface area contributed by atoms with Gasteiger partial charge in [0.2, 0.25) is 5.75 Å². The van der Waals surface area contributed by atoms with Gasteiger partial charge in [-0.2, -0.15) is 0 Å². The normalized spacial score (nSPS) is 10.2. The predicted octanol–water partition coefficient (Wildman–Crippen LogP) is 2.99. The molecule has 0 aliphatic carbocycles. The van der Waals surface area contributed by atoms with E-state index in [0.29, 0.717) is 11.6 Å². The van der Waals surface area contributed by atoms with Crippen LogP contribution in [0.15, 0.2) is 30.6 Å². The van der Waals surface area contributed by atoms with Crippen molar-refractivity contribution in [3.8, 4) is 5.75 Å². The van der Waals surface area contributed by atoms with Gasteiger partial charge in [0, 0.05) is 19.3 Å². The van der Waals surface area contributed by atoms with Crippen LogP contribution < -0.4 is 15.0 Å². The molecule has 1 heterocycles. The number of aromatic nitrogens is 2. The zero-order chi connectivity index (χ0) is 14.5. The third-order valence-corrected chi connectivity index (χ3v) is 3.14. The van der Waals surface area contributed by atoms with E-state index in [2.05, 4.69) is 58.3 Å². The van der Waals surface area contributed by atoms with E-state index >= 15 is 0 Å². The lowest BCUT2D eigenvalue weighted by Gasteiger charge is -2.24. The van der Waals surface area contributed by atoms with Crippen molar-refractivity contribution < 1.29 is 4.74 Å². The Kier molecular flexibility index (Phi) is 4.40. The van der Waals surface area contributed by atoms with Gasteiger partial charge in [-0.05, 0) is 26.0 Å². The lowest BCUT2D eigenvalue weighted by atomic mass is 10.2. The smallest absolute Gasteiger partial charge is 0.204 e. The van der Waals surface area contributed by atoms with Crippen LogP contribution in [0.1, 0.15) is 12.5 Å². The Morgan fingerprint density at radius 3 is 2.45 bits per heavy atom. The van der Waals surface area contributed by atoms with Crippen LogP contribution in [-0.4, -0.2) is 30.7 Å². The molecular formula is C15H20N4O. The van der Waals surface area contributed by atoms with E-state index in [9.17, 15) is 0 Å². The van der Waals surface area contributed by atoms with Crippen molar-refractivity contribution in [3.63, 3.8) is 0 Å². The maximum Gasteiger partial charge on any atom is 0.204 e. The molecule has 0 spiro atoms. The Balaban J connectivity index is 2.49. The lowest BCUT2D eigenvalue weighted by Crippen LogP contribution is -2.19. The Morgan fingerprint density at radius 1 is 1.20 bits per heavy atom. The standard InChI is InChI=1S/C15H20N4O/c1-5-19(12-8-6-11(2)7-9-12)15-13(20-4)14(16-3)17-10-18-15/h6-10H,5H2,1-4H3,(H,16,17,18). The number of anilines is 3. The minimum absolute atomic E-state index is 0.650. The first-order valence-corrected chi connectivity index (χ1v) is 6.62. The highest BCUT2D eigenvalue weighted by atomic mass is 16.5. The van der Waals surface area contributed by atoms with Gasteiger partial charge >= 0.3 is 0 Å². The third-order valence-electron chi connectivity index (χ3n) is 3.14. The maximum atomic E-state index is 5.47. The van der Waals surface area contributed by atoms with Crippen molar-refractivity contribution in [2.75, 3.05) is 30.9 Å². The second-order valence-corrected chi connectivity index (χ2v) is 4.41. The van der Waals surface area contributed by atoms with Gasteiger partial charge in [-0.3, -0.25) is 0 Å². The van der Waals surface area contributed by atoms with E-state index in [1.54, 1.807) is 13.4 Å². The number of rotatable bonds is 5. The summed E-state index contributed by atoms with van der Waals surface area (Å²) in [7, 11) is 3.45. The Bertz CT molecular complexity index is 569. The molecule has 2 rings (SSSR count). The van der Waals surface area contributed by atoms with Crippen LogP contribution in [0.5, 0.6) is 5.75 Å². The fourth-order valence-electron chi connectivity index (χ4n) is 2.10. The molecule has 0 bridgehead atoms. The molecule has 0 saturated heterocycles. The molecule has 0 amide bonds. The molecule has 0 saturated carbocycles. The molecule has 0 radical (unpaired) electrons. The summed E-state index contributed by atoms with van der Waals surface area (Å²) in [5.74, 6) is 2.10. The molecule has 20 heavy (non-hydrogen) atoms. The van der Waals surface area contributed by atoms with Gasteiger partial charge in [0.05, 0.1) is 7.11 Å². The molecule has 5 nitrogen and oxygen atoms in total. The first-order chi connectivity index (χ1) is 9.71. The van der Waals surface area contributed by atoms with Crippen molar-refractivity contribution in [1.82, 2.24) is 9.97 Å². The van der Waals surface area contributed by atoms with Crippen molar-refractivity contribution in [3.05, 3.63) is 36.2 Å².